The summed E-state index contributed by atoms with van der Waals surface area (Å²) in [4.78, 5) is 27.3. The number of carbonyl (C=O) groups is 2. The van der Waals surface area contributed by atoms with E-state index in [4.69, 9.17) is 9.47 Å². The van der Waals surface area contributed by atoms with Gasteiger partial charge in [0.1, 0.15) is 6.61 Å². The van der Waals surface area contributed by atoms with Crippen LogP contribution < -0.4 is 0 Å². The minimum absolute atomic E-state index is 0.0534. The van der Waals surface area contributed by atoms with E-state index in [1.54, 1.807) is 9.80 Å². The summed E-state index contributed by atoms with van der Waals surface area (Å²) in [5.41, 5.74) is 4.81. The highest BCUT2D eigenvalue weighted by Gasteiger charge is 2.30. The Morgan fingerprint density at radius 3 is 1.85 bits per heavy atom. The van der Waals surface area contributed by atoms with Gasteiger partial charge in [-0.15, -0.1) is 0 Å². The zero-order valence-corrected chi connectivity index (χ0v) is 15.3. The van der Waals surface area contributed by atoms with Crippen LogP contribution in [0.5, 0.6) is 0 Å². The molecule has 1 fully saturated rings. The van der Waals surface area contributed by atoms with E-state index in [0.717, 1.165) is 0 Å². The lowest BCUT2D eigenvalue weighted by Gasteiger charge is -2.33. The molecule has 2 amide bonds. The van der Waals surface area contributed by atoms with Crippen molar-refractivity contribution in [1.29, 1.82) is 0 Å². The minimum atomic E-state index is -0.359. The number of piperazine rings is 1. The second-order valence-electron chi connectivity index (χ2n) is 6.75. The molecule has 2 aliphatic rings. The molecule has 140 valence electrons. The van der Waals surface area contributed by atoms with Crippen LogP contribution in [0.15, 0.2) is 48.5 Å². The predicted molar refractivity (Wildman–Crippen MR) is 101 cm³/mol. The molecule has 1 saturated heterocycles. The van der Waals surface area contributed by atoms with Crippen LogP contribution in [0.25, 0.3) is 11.1 Å². The number of ether oxygens (including phenoxy) is 2. The Kier molecular flexibility index (Phi) is 4.71. The van der Waals surface area contributed by atoms with E-state index in [-0.39, 0.29) is 18.1 Å². The van der Waals surface area contributed by atoms with Crippen LogP contribution >= 0.6 is 0 Å². The standard InChI is InChI=1S/C21H22N2O4/c1-26-20(24)22-10-12-23(13-11-22)21(25)27-14-19-17-8-4-2-6-15(17)16-7-3-5-9-18(16)19/h2-9,19H,10-14H2,1H3. The lowest BCUT2D eigenvalue weighted by molar-refractivity contribution is 0.0664. The summed E-state index contributed by atoms with van der Waals surface area (Å²) in [6.45, 7) is 2.12. The Bertz CT molecular complexity index is 813. The molecule has 6 nitrogen and oxygen atoms in total. The molecule has 2 aromatic rings. The van der Waals surface area contributed by atoms with Crippen molar-refractivity contribution in [3.05, 3.63) is 59.7 Å². The predicted octanol–water partition coefficient (Wildman–Crippen LogP) is 3.32. The maximum absolute atomic E-state index is 12.5. The molecule has 0 bridgehead atoms. The normalized spacial score (nSPS) is 15.9. The first kappa shape index (κ1) is 17.4. The average molecular weight is 366 g/mol. The SMILES string of the molecule is COC(=O)N1CCN(C(=O)OCC2c3ccccc3-c3ccccc32)CC1. The molecule has 0 unspecified atom stereocenters. The first-order valence-corrected chi connectivity index (χ1v) is 9.12. The van der Waals surface area contributed by atoms with Gasteiger partial charge < -0.3 is 19.3 Å². The van der Waals surface area contributed by atoms with Crippen LogP contribution in [-0.4, -0.2) is 61.9 Å². The number of amides is 2. The smallest absolute Gasteiger partial charge is 0.409 e. The van der Waals surface area contributed by atoms with Crippen LogP contribution in [0.4, 0.5) is 9.59 Å². The van der Waals surface area contributed by atoms with E-state index in [1.165, 1.54) is 29.4 Å². The van der Waals surface area contributed by atoms with Gasteiger partial charge in [-0.05, 0) is 22.3 Å². The molecule has 6 heteroatoms. The van der Waals surface area contributed by atoms with Crippen LogP contribution in [0.1, 0.15) is 17.0 Å². The quantitative estimate of drug-likeness (QED) is 0.818. The summed E-state index contributed by atoms with van der Waals surface area (Å²) in [6.07, 6.45) is -0.691. The number of nitrogens with zero attached hydrogens (tertiary/aromatic N) is 2. The Hall–Kier alpha value is -3.02. The summed E-state index contributed by atoms with van der Waals surface area (Å²) in [6, 6.07) is 16.5. The fourth-order valence-corrected chi connectivity index (χ4v) is 3.89. The van der Waals surface area contributed by atoms with Crippen LogP contribution in [0.2, 0.25) is 0 Å². The number of benzene rings is 2. The summed E-state index contributed by atoms with van der Waals surface area (Å²) < 4.78 is 10.4. The lowest BCUT2D eigenvalue weighted by atomic mass is 9.98. The zero-order valence-electron chi connectivity index (χ0n) is 15.3. The third kappa shape index (κ3) is 3.23. The van der Waals surface area contributed by atoms with Gasteiger partial charge in [-0.2, -0.15) is 0 Å². The van der Waals surface area contributed by atoms with E-state index in [9.17, 15) is 9.59 Å². The van der Waals surface area contributed by atoms with Crippen molar-refractivity contribution in [3.63, 3.8) is 0 Å². The van der Waals surface area contributed by atoms with Crippen LogP contribution in [0.3, 0.4) is 0 Å². The van der Waals surface area contributed by atoms with Gasteiger partial charge in [0.25, 0.3) is 0 Å². The molecule has 27 heavy (non-hydrogen) atoms. The third-order valence-electron chi connectivity index (χ3n) is 5.31. The molecule has 1 aliphatic heterocycles. The van der Waals surface area contributed by atoms with Gasteiger partial charge in [-0.25, -0.2) is 9.59 Å². The summed E-state index contributed by atoms with van der Waals surface area (Å²) in [7, 11) is 1.36. The Morgan fingerprint density at radius 1 is 0.852 bits per heavy atom. The number of hydrogen-bond donors (Lipinski definition) is 0. The van der Waals surface area contributed by atoms with E-state index in [0.29, 0.717) is 32.8 Å². The number of fused-ring (bicyclic) bond motifs is 3. The number of rotatable bonds is 2. The summed E-state index contributed by atoms with van der Waals surface area (Å²) >= 11 is 0. The number of hydrogen-bond acceptors (Lipinski definition) is 4. The Morgan fingerprint density at radius 2 is 1.33 bits per heavy atom. The maximum Gasteiger partial charge on any atom is 0.409 e. The van der Waals surface area contributed by atoms with Crippen molar-refractivity contribution < 1.29 is 19.1 Å². The monoisotopic (exact) mass is 366 g/mol. The topological polar surface area (TPSA) is 59.1 Å². The molecule has 0 N–H and O–H groups in total. The first-order chi connectivity index (χ1) is 13.2. The van der Waals surface area contributed by atoms with Gasteiger partial charge >= 0.3 is 12.2 Å². The second kappa shape index (κ2) is 7.31. The third-order valence-corrected chi connectivity index (χ3v) is 5.31. The molecule has 0 spiro atoms. The van der Waals surface area contributed by atoms with Crippen LogP contribution in [0, 0.1) is 0 Å². The first-order valence-electron chi connectivity index (χ1n) is 9.12. The maximum atomic E-state index is 12.5. The van der Waals surface area contributed by atoms with E-state index < -0.39 is 0 Å². The molecule has 4 rings (SSSR count). The highest BCUT2D eigenvalue weighted by Crippen LogP contribution is 2.44. The zero-order chi connectivity index (χ0) is 18.8. The molecule has 0 radical (unpaired) electrons. The molecule has 0 saturated carbocycles. The summed E-state index contributed by atoms with van der Waals surface area (Å²) in [5.74, 6) is 0.0534. The molecule has 0 aromatic heterocycles. The van der Waals surface area contributed by atoms with Crippen molar-refractivity contribution >= 4 is 12.2 Å². The van der Waals surface area contributed by atoms with Gasteiger partial charge in [-0.1, -0.05) is 48.5 Å². The van der Waals surface area contributed by atoms with Gasteiger partial charge in [0.2, 0.25) is 0 Å². The van der Waals surface area contributed by atoms with Gasteiger partial charge in [0.05, 0.1) is 7.11 Å². The highest BCUT2D eigenvalue weighted by molar-refractivity contribution is 5.79. The Labute approximate surface area is 158 Å². The van der Waals surface area contributed by atoms with E-state index in [2.05, 4.69) is 24.3 Å². The van der Waals surface area contributed by atoms with Gasteiger partial charge in [0.15, 0.2) is 0 Å². The Balaban J connectivity index is 1.41. The van der Waals surface area contributed by atoms with Crippen molar-refractivity contribution in [1.82, 2.24) is 9.80 Å². The van der Waals surface area contributed by atoms with E-state index in [1.807, 2.05) is 24.3 Å². The lowest BCUT2D eigenvalue weighted by Crippen LogP contribution is -2.50. The van der Waals surface area contributed by atoms with Crippen molar-refractivity contribution in [2.75, 3.05) is 39.9 Å². The van der Waals surface area contributed by atoms with Gasteiger partial charge in [0, 0.05) is 32.1 Å². The van der Waals surface area contributed by atoms with Gasteiger partial charge in [-0.3, -0.25) is 0 Å². The second-order valence-corrected chi connectivity index (χ2v) is 6.75. The van der Waals surface area contributed by atoms with Crippen molar-refractivity contribution in [2.45, 2.75) is 5.92 Å². The van der Waals surface area contributed by atoms with E-state index >= 15 is 0 Å². The van der Waals surface area contributed by atoms with Crippen molar-refractivity contribution in [2.24, 2.45) is 0 Å². The molecular weight excluding hydrogens is 344 g/mol. The molecule has 2 aromatic carbocycles. The number of carbonyl (C=O) groups excluding carboxylic acids is 2. The fourth-order valence-electron chi connectivity index (χ4n) is 3.89. The largest absolute Gasteiger partial charge is 0.453 e. The highest BCUT2D eigenvalue weighted by atomic mass is 16.6. The minimum Gasteiger partial charge on any atom is -0.453 e. The number of methoxy groups -OCH3 is 1. The molecular formula is C21H22N2O4. The average Bonchev–Trinajstić information content (AvgIpc) is 3.05. The molecule has 0 atom stereocenters. The summed E-state index contributed by atoms with van der Waals surface area (Å²) in [5, 5.41) is 0. The molecule has 1 heterocycles. The van der Waals surface area contributed by atoms with Crippen molar-refractivity contribution in [3.8, 4) is 11.1 Å². The molecule has 1 aliphatic carbocycles. The van der Waals surface area contributed by atoms with Crippen LogP contribution in [-0.2, 0) is 9.47 Å². The fraction of sp³-hybridized carbons (Fsp3) is 0.333.